The first-order chi connectivity index (χ1) is 6.41. The van der Waals surface area contributed by atoms with E-state index >= 15 is 0 Å². The van der Waals surface area contributed by atoms with E-state index in [0.29, 0.717) is 0 Å². The quantitative estimate of drug-likeness (QED) is 0.343. The van der Waals surface area contributed by atoms with E-state index in [1.54, 1.807) is 0 Å². The predicted octanol–water partition coefficient (Wildman–Crippen LogP) is 4.49. The van der Waals surface area contributed by atoms with Gasteiger partial charge in [0.25, 0.3) is 0 Å². The van der Waals surface area contributed by atoms with Crippen LogP contribution in [-0.4, -0.2) is 7.85 Å². The number of rotatable bonds is 10. The van der Waals surface area contributed by atoms with Crippen LogP contribution in [0.3, 0.4) is 0 Å². The van der Waals surface area contributed by atoms with Crippen LogP contribution >= 0.6 is 0 Å². The maximum absolute atomic E-state index is 5.42. The van der Waals surface area contributed by atoms with Gasteiger partial charge in [-0.25, -0.2) is 0 Å². The van der Waals surface area contributed by atoms with Gasteiger partial charge in [-0.3, -0.25) is 0 Å². The molecule has 0 aromatic heterocycles. The van der Waals surface area contributed by atoms with Crippen molar-refractivity contribution in [3.05, 3.63) is 0 Å². The molecule has 0 nitrogen and oxygen atoms in total. The lowest BCUT2D eigenvalue weighted by Crippen LogP contribution is -1.81. The van der Waals surface area contributed by atoms with Gasteiger partial charge >= 0.3 is 0 Å². The summed E-state index contributed by atoms with van der Waals surface area (Å²) in [4.78, 5) is 0. The van der Waals surface area contributed by atoms with Gasteiger partial charge in [0.1, 0.15) is 0 Å². The second-order valence-electron chi connectivity index (χ2n) is 3.97. The zero-order chi connectivity index (χ0) is 9.78. The maximum Gasteiger partial charge on any atom is 0.0653 e. The fourth-order valence-corrected chi connectivity index (χ4v) is 1.63. The van der Waals surface area contributed by atoms with Crippen LogP contribution in [0.4, 0.5) is 0 Å². The molecule has 0 saturated heterocycles. The lowest BCUT2D eigenvalue weighted by atomic mass is 9.98. The molecule has 0 aliphatic rings. The van der Waals surface area contributed by atoms with Gasteiger partial charge in [-0.2, -0.15) is 0 Å². The molecular formula is C12H25B. The number of hydrogen-bond acceptors (Lipinski definition) is 0. The van der Waals surface area contributed by atoms with Crippen LogP contribution in [0.5, 0.6) is 0 Å². The third-order valence-electron chi connectivity index (χ3n) is 2.56. The Morgan fingerprint density at radius 2 is 1.00 bits per heavy atom. The molecule has 2 radical (unpaired) electrons. The monoisotopic (exact) mass is 180 g/mol. The number of hydrogen-bond donors (Lipinski definition) is 0. The lowest BCUT2D eigenvalue weighted by molar-refractivity contribution is 0.562. The molecule has 0 rings (SSSR count). The molecule has 0 aliphatic heterocycles. The molecule has 0 amide bonds. The summed E-state index contributed by atoms with van der Waals surface area (Å²) in [5, 5.41) is 0. The molecule has 0 bridgehead atoms. The molecule has 0 N–H and O–H groups in total. The SMILES string of the molecule is [B]CCCCCCCCCCCC. The fraction of sp³-hybridized carbons (Fsp3) is 1.00. The highest BCUT2D eigenvalue weighted by molar-refractivity contribution is 6.08. The third-order valence-corrected chi connectivity index (χ3v) is 2.56. The summed E-state index contributed by atoms with van der Waals surface area (Å²) in [5.74, 6) is 0. The fourth-order valence-electron chi connectivity index (χ4n) is 1.63. The minimum absolute atomic E-state index is 0.872. The minimum Gasteiger partial charge on any atom is -0.0887 e. The van der Waals surface area contributed by atoms with Gasteiger partial charge in [-0.05, 0) is 0 Å². The van der Waals surface area contributed by atoms with E-state index in [1.165, 1.54) is 64.2 Å². The zero-order valence-electron chi connectivity index (χ0n) is 9.36. The van der Waals surface area contributed by atoms with E-state index in [0.717, 1.165) is 6.32 Å². The average molecular weight is 180 g/mol. The summed E-state index contributed by atoms with van der Waals surface area (Å²) in [7, 11) is 5.42. The first-order valence-corrected chi connectivity index (χ1v) is 6.12. The molecule has 0 aromatic rings. The summed E-state index contributed by atoms with van der Waals surface area (Å²) >= 11 is 0. The van der Waals surface area contributed by atoms with E-state index < -0.39 is 0 Å². The van der Waals surface area contributed by atoms with Crippen molar-refractivity contribution >= 4 is 7.85 Å². The molecular weight excluding hydrogens is 155 g/mol. The smallest absolute Gasteiger partial charge is 0.0653 e. The third kappa shape index (κ3) is 12.1. The Morgan fingerprint density at radius 1 is 0.615 bits per heavy atom. The zero-order valence-corrected chi connectivity index (χ0v) is 9.36. The van der Waals surface area contributed by atoms with Crippen molar-refractivity contribution in [2.75, 3.05) is 0 Å². The summed E-state index contributed by atoms with van der Waals surface area (Å²) in [6.45, 7) is 2.27. The van der Waals surface area contributed by atoms with Crippen LogP contribution in [0.1, 0.15) is 71.1 Å². The van der Waals surface area contributed by atoms with Crippen molar-refractivity contribution in [2.45, 2.75) is 77.5 Å². The molecule has 0 spiro atoms. The first kappa shape index (κ1) is 13.1. The van der Waals surface area contributed by atoms with Gasteiger partial charge in [0.05, 0.1) is 7.85 Å². The van der Waals surface area contributed by atoms with Gasteiger partial charge in [0.2, 0.25) is 0 Å². The summed E-state index contributed by atoms with van der Waals surface area (Å²) < 4.78 is 0. The second kappa shape index (κ2) is 12.1. The van der Waals surface area contributed by atoms with Gasteiger partial charge in [-0.1, -0.05) is 77.5 Å². The topological polar surface area (TPSA) is 0 Å². The van der Waals surface area contributed by atoms with Crippen LogP contribution in [0, 0.1) is 0 Å². The van der Waals surface area contributed by atoms with Crippen LogP contribution in [0.2, 0.25) is 6.32 Å². The van der Waals surface area contributed by atoms with E-state index in [4.69, 9.17) is 7.85 Å². The maximum atomic E-state index is 5.42. The van der Waals surface area contributed by atoms with E-state index in [1.807, 2.05) is 0 Å². The Hall–Kier alpha value is 0.0649. The van der Waals surface area contributed by atoms with Crippen LogP contribution in [-0.2, 0) is 0 Å². The van der Waals surface area contributed by atoms with Crippen molar-refractivity contribution in [1.82, 2.24) is 0 Å². The second-order valence-corrected chi connectivity index (χ2v) is 3.97. The summed E-state index contributed by atoms with van der Waals surface area (Å²) in [6.07, 6.45) is 14.8. The Balaban J connectivity index is 2.76. The standard InChI is InChI=1S/C12H25B/c1-2-3-4-5-6-7-8-9-10-11-12-13/h2-12H2,1H3. The molecule has 0 aliphatic carbocycles. The molecule has 0 unspecified atom stereocenters. The highest BCUT2D eigenvalue weighted by atomic mass is 14.0. The van der Waals surface area contributed by atoms with Crippen LogP contribution in [0.15, 0.2) is 0 Å². The van der Waals surface area contributed by atoms with Gasteiger partial charge < -0.3 is 0 Å². The van der Waals surface area contributed by atoms with Gasteiger partial charge in [-0.15, -0.1) is 0 Å². The predicted molar refractivity (Wildman–Crippen MR) is 62.4 cm³/mol. The van der Waals surface area contributed by atoms with E-state index in [-0.39, 0.29) is 0 Å². The molecule has 0 fully saturated rings. The Labute approximate surface area is 85.9 Å². The van der Waals surface area contributed by atoms with Crippen LogP contribution < -0.4 is 0 Å². The van der Waals surface area contributed by atoms with Crippen molar-refractivity contribution in [2.24, 2.45) is 0 Å². The average Bonchev–Trinajstić information content (AvgIpc) is 2.16. The lowest BCUT2D eigenvalue weighted by Gasteiger charge is -2.00. The largest absolute Gasteiger partial charge is 0.0887 e. The van der Waals surface area contributed by atoms with Gasteiger partial charge in [0, 0.05) is 0 Å². The first-order valence-electron chi connectivity index (χ1n) is 6.12. The van der Waals surface area contributed by atoms with Crippen molar-refractivity contribution in [1.29, 1.82) is 0 Å². The number of unbranched alkanes of at least 4 members (excludes halogenated alkanes) is 9. The molecule has 76 valence electrons. The van der Waals surface area contributed by atoms with Crippen molar-refractivity contribution in [3.8, 4) is 0 Å². The molecule has 0 heterocycles. The van der Waals surface area contributed by atoms with Crippen molar-refractivity contribution in [3.63, 3.8) is 0 Å². The summed E-state index contributed by atoms with van der Waals surface area (Å²) in [6, 6.07) is 0. The highest BCUT2D eigenvalue weighted by Gasteiger charge is 1.90. The van der Waals surface area contributed by atoms with Crippen molar-refractivity contribution < 1.29 is 0 Å². The normalized spacial score (nSPS) is 10.5. The van der Waals surface area contributed by atoms with Gasteiger partial charge in [0.15, 0.2) is 0 Å². The Bertz CT molecular complexity index is 71.2. The molecule has 0 aromatic carbocycles. The molecule has 1 heteroatoms. The molecule has 13 heavy (non-hydrogen) atoms. The highest BCUT2D eigenvalue weighted by Crippen LogP contribution is 2.10. The Kier molecular flexibility index (Phi) is 12.1. The van der Waals surface area contributed by atoms with Crippen LogP contribution in [0.25, 0.3) is 0 Å². The minimum atomic E-state index is 0.872. The summed E-state index contributed by atoms with van der Waals surface area (Å²) in [5.41, 5.74) is 0. The molecule has 0 atom stereocenters. The Morgan fingerprint density at radius 3 is 1.38 bits per heavy atom. The molecule has 0 saturated carbocycles. The van der Waals surface area contributed by atoms with E-state index in [2.05, 4.69) is 6.92 Å². The van der Waals surface area contributed by atoms with E-state index in [9.17, 15) is 0 Å².